The van der Waals surface area contributed by atoms with Crippen LogP contribution in [0.5, 0.6) is 5.75 Å². The molecule has 0 fully saturated rings. The zero-order valence-corrected chi connectivity index (χ0v) is 12.5. The fourth-order valence-electron chi connectivity index (χ4n) is 1.89. The van der Waals surface area contributed by atoms with Crippen molar-refractivity contribution in [3.63, 3.8) is 0 Å². The molecule has 4 heteroatoms. The average molecular weight is 286 g/mol. The van der Waals surface area contributed by atoms with E-state index in [-0.39, 0.29) is 0 Å². The van der Waals surface area contributed by atoms with E-state index in [1.54, 1.807) is 7.11 Å². The van der Waals surface area contributed by atoms with Gasteiger partial charge in [0.15, 0.2) is 5.11 Å². The predicted octanol–water partition coefficient (Wildman–Crippen LogP) is 3.52. The van der Waals surface area contributed by atoms with Gasteiger partial charge in [0, 0.05) is 13.6 Å². The van der Waals surface area contributed by atoms with E-state index in [0.29, 0.717) is 5.11 Å². The van der Waals surface area contributed by atoms with E-state index in [2.05, 4.69) is 17.4 Å². The highest BCUT2D eigenvalue weighted by molar-refractivity contribution is 7.80. The first-order valence-corrected chi connectivity index (χ1v) is 6.80. The van der Waals surface area contributed by atoms with Crippen LogP contribution in [-0.2, 0) is 6.54 Å². The van der Waals surface area contributed by atoms with Crippen LogP contribution in [0.15, 0.2) is 54.6 Å². The number of hydrogen-bond donors (Lipinski definition) is 1. The van der Waals surface area contributed by atoms with Gasteiger partial charge < -0.3 is 15.0 Å². The summed E-state index contributed by atoms with van der Waals surface area (Å²) in [5, 5.41) is 3.88. The molecule has 104 valence electrons. The van der Waals surface area contributed by atoms with Crippen molar-refractivity contribution in [2.45, 2.75) is 6.54 Å². The number of anilines is 1. The zero-order chi connectivity index (χ0) is 14.4. The smallest absolute Gasteiger partial charge is 0.173 e. The number of benzene rings is 2. The first-order chi connectivity index (χ1) is 9.70. The number of methoxy groups -OCH3 is 1. The molecule has 0 unspecified atom stereocenters. The maximum absolute atomic E-state index is 5.42. The molecule has 0 aliphatic heterocycles. The molecule has 2 aromatic rings. The van der Waals surface area contributed by atoms with Crippen LogP contribution in [0.1, 0.15) is 5.56 Å². The summed E-state index contributed by atoms with van der Waals surface area (Å²) in [7, 11) is 3.62. The van der Waals surface area contributed by atoms with Crippen molar-refractivity contribution >= 4 is 23.0 Å². The minimum Gasteiger partial charge on any atom is -0.495 e. The normalized spacial score (nSPS) is 9.90. The third-order valence-corrected chi connectivity index (χ3v) is 3.37. The molecular formula is C16H18N2OS. The van der Waals surface area contributed by atoms with E-state index in [9.17, 15) is 0 Å². The molecule has 1 N–H and O–H groups in total. The van der Waals surface area contributed by atoms with E-state index in [1.807, 2.05) is 54.4 Å². The van der Waals surface area contributed by atoms with Crippen molar-refractivity contribution in [3.05, 3.63) is 60.2 Å². The Morgan fingerprint density at radius 3 is 2.45 bits per heavy atom. The SMILES string of the molecule is COc1ccccc1NC(=S)N(C)Cc1ccccc1. The Labute approximate surface area is 125 Å². The minimum atomic E-state index is 0.665. The Kier molecular flexibility index (Phi) is 4.96. The average Bonchev–Trinajstić information content (AvgIpc) is 2.48. The van der Waals surface area contributed by atoms with Crippen LogP contribution in [0.2, 0.25) is 0 Å². The number of nitrogens with one attached hydrogen (secondary N) is 1. The highest BCUT2D eigenvalue weighted by Gasteiger charge is 2.08. The largest absolute Gasteiger partial charge is 0.495 e. The van der Waals surface area contributed by atoms with Gasteiger partial charge in [0.25, 0.3) is 0 Å². The lowest BCUT2D eigenvalue weighted by Gasteiger charge is -2.22. The lowest BCUT2D eigenvalue weighted by atomic mass is 10.2. The molecule has 0 aliphatic carbocycles. The van der Waals surface area contributed by atoms with Crippen molar-refractivity contribution in [1.29, 1.82) is 0 Å². The number of para-hydroxylation sites is 2. The van der Waals surface area contributed by atoms with E-state index in [1.165, 1.54) is 5.56 Å². The summed E-state index contributed by atoms with van der Waals surface area (Å²) in [6.45, 7) is 0.766. The molecule has 0 radical (unpaired) electrons. The number of thiocarbonyl (C=S) groups is 1. The van der Waals surface area contributed by atoms with Crippen molar-refractivity contribution in [1.82, 2.24) is 4.90 Å². The number of ether oxygens (including phenoxy) is 1. The van der Waals surface area contributed by atoms with Crippen molar-refractivity contribution in [2.24, 2.45) is 0 Å². The Balaban J connectivity index is 2.01. The van der Waals surface area contributed by atoms with Gasteiger partial charge in [0.1, 0.15) is 5.75 Å². The third kappa shape index (κ3) is 3.71. The van der Waals surface area contributed by atoms with Crippen LogP contribution in [0, 0.1) is 0 Å². The monoisotopic (exact) mass is 286 g/mol. The van der Waals surface area contributed by atoms with Crippen molar-refractivity contribution < 1.29 is 4.74 Å². The van der Waals surface area contributed by atoms with Gasteiger partial charge in [-0.15, -0.1) is 0 Å². The fraction of sp³-hybridized carbons (Fsp3) is 0.188. The summed E-state index contributed by atoms with van der Waals surface area (Å²) in [6, 6.07) is 18.0. The molecule has 20 heavy (non-hydrogen) atoms. The molecule has 0 heterocycles. The van der Waals surface area contributed by atoms with Gasteiger partial charge in [-0.1, -0.05) is 42.5 Å². The summed E-state index contributed by atoms with van der Waals surface area (Å²) in [6.07, 6.45) is 0. The van der Waals surface area contributed by atoms with Crippen LogP contribution >= 0.6 is 12.2 Å². The maximum Gasteiger partial charge on any atom is 0.173 e. The summed E-state index contributed by atoms with van der Waals surface area (Å²) in [4.78, 5) is 2.00. The standard InChI is InChI=1S/C16H18N2OS/c1-18(12-13-8-4-3-5-9-13)16(20)17-14-10-6-7-11-15(14)19-2/h3-11H,12H2,1-2H3,(H,17,20). The Morgan fingerprint density at radius 2 is 1.75 bits per heavy atom. The van der Waals surface area contributed by atoms with E-state index in [0.717, 1.165) is 18.0 Å². The molecule has 2 aromatic carbocycles. The van der Waals surface area contributed by atoms with Gasteiger partial charge in [-0.05, 0) is 29.9 Å². The molecule has 0 saturated carbocycles. The second-order valence-electron chi connectivity index (χ2n) is 4.47. The summed E-state index contributed by atoms with van der Waals surface area (Å²) < 4.78 is 5.30. The second-order valence-corrected chi connectivity index (χ2v) is 4.86. The number of nitrogens with zero attached hydrogens (tertiary/aromatic N) is 1. The molecule has 3 nitrogen and oxygen atoms in total. The summed E-state index contributed by atoms with van der Waals surface area (Å²) in [5.41, 5.74) is 2.10. The van der Waals surface area contributed by atoms with Crippen LogP contribution in [-0.4, -0.2) is 24.2 Å². The molecule has 0 aromatic heterocycles. The van der Waals surface area contributed by atoms with E-state index >= 15 is 0 Å². The molecule has 0 amide bonds. The van der Waals surface area contributed by atoms with Gasteiger partial charge in [0.05, 0.1) is 12.8 Å². The molecule has 0 atom stereocenters. The quantitative estimate of drug-likeness (QED) is 0.869. The van der Waals surface area contributed by atoms with Crippen LogP contribution in [0.3, 0.4) is 0 Å². The van der Waals surface area contributed by atoms with Gasteiger partial charge in [-0.3, -0.25) is 0 Å². The fourth-order valence-corrected chi connectivity index (χ4v) is 2.06. The molecule has 2 rings (SSSR count). The van der Waals surface area contributed by atoms with Crippen LogP contribution < -0.4 is 10.1 Å². The first-order valence-electron chi connectivity index (χ1n) is 6.40. The molecule has 0 spiro atoms. The van der Waals surface area contributed by atoms with Crippen molar-refractivity contribution in [2.75, 3.05) is 19.5 Å². The Hall–Kier alpha value is -2.07. The molecule has 0 bridgehead atoms. The van der Waals surface area contributed by atoms with Gasteiger partial charge >= 0.3 is 0 Å². The first kappa shape index (κ1) is 14.3. The van der Waals surface area contributed by atoms with Crippen LogP contribution in [0.25, 0.3) is 0 Å². The van der Waals surface area contributed by atoms with E-state index < -0.39 is 0 Å². The van der Waals surface area contributed by atoms with Crippen LogP contribution in [0.4, 0.5) is 5.69 Å². The maximum atomic E-state index is 5.42. The third-order valence-electron chi connectivity index (χ3n) is 2.96. The van der Waals surface area contributed by atoms with E-state index in [4.69, 9.17) is 17.0 Å². The lowest BCUT2D eigenvalue weighted by molar-refractivity contribution is 0.416. The number of rotatable bonds is 4. The predicted molar refractivity (Wildman–Crippen MR) is 87.1 cm³/mol. The highest BCUT2D eigenvalue weighted by Crippen LogP contribution is 2.23. The van der Waals surface area contributed by atoms with Gasteiger partial charge in [-0.2, -0.15) is 0 Å². The molecule has 0 aliphatic rings. The number of hydrogen-bond acceptors (Lipinski definition) is 2. The summed E-state index contributed by atoms with van der Waals surface area (Å²) in [5.74, 6) is 0.781. The zero-order valence-electron chi connectivity index (χ0n) is 11.7. The summed E-state index contributed by atoms with van der Waals surface area (Å²) >= 11 is 5.42. The Bertz CT molecular complexity index is 572. The highest BCUT2D eigenvalue weighted by atomic mass is 32.1. The lowest BCUT2D eigenvalue weighted by Crippen LogP contribution is -2.30. The second kappa shape index (κ2) is 6.91. The van der Waals surface area contributed by atoms with Gasteiger partial charge in [0.2, 0.25) is 0 Å². The topological polar surface area (TPSA) is 24.5 Å². The Morgan fingerprint density at radius 1 is 1.10 bits per heavy atom. The molecule has 0 saturated heterocycles. The molecular weight excluding hydrogens is 268 g/mol. The minimum absolute atomic E-state index is 0.665. The van der Waals surface area contributed by atoms with Gasteiger partial charge in [-0.25, -0.2) is 0 Å². The van der Waals surface area contributed by atoms with Crippen molar-refractivity contribution in [3.8, 4) is 5.75 Å².